The number of nitrogens with one attached hydrogen (secondary N) is 1. The first kappa shape index (κ1) is 33.4. The van der Waals surface area contributed by atoms with Crippen molar-refractivity contribution in [3.63, 3.8) is 0 Å². The smallest absolute Gasteiger partial charge is 0.409 e. The first-order valence-electron chi connectivity index (χ1n) is 14.4. The molecular formula is C30H39N3O9S2. The Bertz CT molecular complexity index is 1550. The molecule has 2 aromatic rings. The molecule has 14 heteroatoms. The molecule has 0 spiro atoms. The highest BCUT2D eigenvalue weighted by atomic mass is 32.2. The summed E-state index contributed by atoms with van der Waals surface area (Å²) in [5.41, 5.74) is 1.25. The van der Waals surface area contributed by atoms with Gasteiger partial charge in [0.15, 0.2) is 19.7 Å². The summed E-state index contributed by atoms with van der Waals surface area (Å²) in [5.74, 6) is -1.44. The first-order chi connectivity index (χ1) is 20.8. The predicted octanol–water partition coefficient (Wildman–Crippen LogP) is 1.78. The Labute approximate surface area is 258 Å². The molecule has 0 bridgehead atoms. The first-order valence-corrected chi connectivity index (χ1v) is 18.2. The normalized spacial score (nSPS) is 19.8. The molecule has 0 saturated carbocycles. The number of carbonyl (C=O) groups is 3. The molecule has 2 heterocycles. The number of methoxy groups -OCH3 is 1. The van der Waals surface area contributed by atoms with E-state index in [0.29, 0.717) is 17.5 Å². The van der Waals surface area contributed by atoms with E-state index in [9.17, 15) is 31.2 Å². The molecule has 2 aliphatic rings. The van der Waals surface area contributed by atoms with Crippen LogP contribution in [0.1, 0.15) is 36.3 Å². The second kappa shape index (κ2) is 14.1. The lowest BCUT2D eigenvalue weighted by atomic mass is 9.91. The van der Waals surface area contributed by atoms with Crippen molar-refractivity contribution >= 4 is 37.6 Å². The van der Waals surface area contributed by atoms with Crippen molar-refractivity contribution in [3.05, 3.63) is 59.7 Å². The number of hydrogen-bond acceptors (Lipinski definition) is 10. The zero-order valence-electron chi connectivity index (χ0n) is 25.1. The molecule has 12 nitrogen and oxygen atoms in total. The van der Waals surface area contributed by atoms with Crippen LogP contribution in [0, 0.1) is 0 Å². The minimum absolute atomic E-state index is 0.00459. The average Bonchev–Trinajstić information content (AvgIpc) is 3.51. The maximum Gasteiger partial charge on any atom is 0.409 e. The fraction of sp³-hybridized carbons (Fsp3) is 0.500. The molecule has 2 aliphatic heterocycles. The van der Waals surface area contributed by atoms with Crippen molar-refractivity contribution in [3.8, 4) is 0 Å². The van der Waals surface area contributed by atoms with Crippen LogP contribution >= 0.6 is 0 Å². The lowest BCUT2D eigenvalue weighted by molar-refractivity contribution is -0.151. The summed E-state index contributed by atoms with van der Waals surface area (Å²) in [6, 6.07) is 11.7. The second-order valence-corrected chi connectivity index (χ2v) is 15.3. The number of nitrogens with zero attached hydrogens (tertiary/aromatic N) is 2. The van der Waals surface area contributed by atoms with Gasteiger partial charge in [-0.05, 0) is 61.2 Å². The van der Waals surface area contributed by atoms with Crippen molar-refractivity contribution in [2.45, 2.75) is 53.5 Å². The van der Waals surface area contributed by atoms with Gasteiger partial charge in [0.1, 0.15) is 6.61 Å². The number of rotatable bonds is 10. The monoisotopic (exact) mass is 649 g/mol. The summed E-state index contributed by atoms with van der Waals surface area (Å²) in [7, 11) is -5.52. The van der Waals surface area contributed by atoms with Gasteiger partial charge in [0.05, 0.1) is 35.3 Å². The van der Waals surface area contributed by atoms with Gasteiger partial charge >= 0.3 is 12.1 Å². The quantitative estimate of drug-likeness (QED) is 0.377. The van der Waals surface area contributed by atoms with Gasteiger partial charge in [-0.25, -0.2) is 21.6 Å². The van der Waals surface area contributed by atoms with Gasteiger partial charge in [-0.1, -0.05) is 24.3 Å². The van der Waals surface area contributed by atoms with Gasteiger partial charge in [-0.15, -0.1) is 0 Å². The van der Waals surface area contributed by atoms with Crippen molar-refractivity contribution < 1.29 is 40.7 Å². The molecule has 3 unspecified atom stereocenters. The number of carbonyl (C=O) groups excluding carboxylic acids is 3. The van der Waals surface area contributed by atoms with Crippen LogP contribution in [0.3, 0.4) is 0 Å². The Morgan fingerprint density at radius 1 is 0.932 bits per heavy atom. The van der Waals surface area contributed by atoms with E-state index in [1.807, 2.05) is 0 Å². The van der Waals surface area contributed by atoms with Crippen LogP contribution < -0.4 is 5.32 Å². The highest BCUT2D eigenvalue weighted by Crippen LogP contribution is 2.28. The summed E-state index contributed by atoms with van der Waals surface area (Å²) in [6.07, 6.45) is 4.02. The molecule has 2 aromatic carbocycles. The number of hydrogen-bond donors (Lipinski definition) is 1. The summed E-state index contributed by atoms with van der Waals surface area (Å²) >= 11 is 0. The number of sulfone groups is 2. The zero-order valence-corrected chi connectivity index (χ0v) is 26.7. The van der Waals surface area contributed by atoms with Crippen LogP contribution in [0.15, 0.2) is 58.3 Å². The molecular weight excluding hydrogens is 610 g/mol. The highest BCUT2D eigenvalue weighted by Gasteiger charge is 2.35. The number of benzene rings is 2. The molecule has 44 heavy (non-hydrogen) atoms. The van der Waals surface area contributed by atoms with Crippen molar-refractivity contribution in [2.24, 2.45) is 0 Å². The number of amides is 2. The van der Waals surface area contributed by atoms with Crippen LogP contribution in [0.25, 0.3) is 0 Å². The van der Waals surface area contributed by atoms with Gasteiger partial charge in [-0.2, -0.15) is 0 Å². The van der Waals surface area contributed by atoms with E-state index in [-0.39, 0.29) is 54.4 Å². The van der Waals surface area contributed by atoms with E-state index in [1.54, 1.807) is 29.2 Å². The molecule has 2 saturated heterocycles. The minimum Gasteiger partial charge on any atom is -0.463 e. The summed E-state index contributed by atoms with van der Waals surface area (Å²) in [4.78, 5) is 42.6. The third-order valence-electron chi connectivity index (χ3n) is 8.04. The summed E-state index contributed by atoms with van der Waals surface area (Å²) in [5, 5.41) is 3.39. The van der Waals surface area contributed by atoms with E-state index in [2.05, 4.69) is 5.32 Å². The summed E-state index contributed by atoms with van der Waals surface area (Å²) in [6.45, 7) is 1.20. The van der Waals surface area contributed by atoms with Crippen LogP contribution in [-0.2, 0) is 45.2 Å². The fourth-order valence-corrected chi connectivity index (χ4v) is 6.85. The molecule has 1 N–H and O–H groups in total. The highest BCUT2D eigenvalue weighted by molar-refractivity contribution is 7.91. The second-order valence-electron chi connectivity index (χ2n) is 11.3. The maximum atomic E-state index is 13.6. The minimum atomic E-state index is -3.41. The molecule has 0 radical (unpaired) electrons. The Morgan fingerprint density at radius 2 is 1.55 bits per heavy atom. The largest absolute Gasteiger partial charge is 0.463 e. The topological polar surface area (TPSA) is 156 Å². The van der Waals surface area contributed by atoms with E-state index < -0.39 is 43.7 Å². The molecule has 4 rings (SSSR count). The molecule has 0 aromatic heterocycles. The van der Waals surface area contributed by atoms with Crippen LogP contribution in [0.2, 0.25) is 0 Å². The maximum absolute atomic E-state index is 13.6. The van der Waals surface area contributed by atoms with Gasteiger partial charge in [0.25, 0.3) is 0 Å². The van der Waals surface area contributed by atoms with Crippen molar-refractivity contribution in [1.29, 1.82) is 0 Å². The van der Waals surface area contributed by atoms with Gasteiger partial charge in [0, 0.05) is 38.2 Å². The van der Waals surface area contributed by atoms with E-state index in [0.717, 1.165) is 31.9 Å². The Balaban J connectivity index is 1.50. The fourth-order valence-electron chi connectivity index (χ4n) is 5.59. The lowest BCUT2D eigenvalue weighted by Crippen LogP contribution is -2.58. The van der Waals surface area contributed by atoms with Gasteiger partial charge in [-0.3, -0.25) is 9.59 Å². The van der Waals surface area contributed by atoms with E-state index in [4.69, 9.17) is 9.47 Å². The van der Waals surface area contributed by atoms with Gasteiger partial charge in [0.2, 0.25) is 5.91 Å². The standard InChI is InChI=1S/C30H39N3O9S2/c1-41-30(36)32-15-16-33(28(34)17-21-6-10-25(11-7-21)43(2,37)38)24(19-32)20-42-29(35)27(18-23-5-4-14-31-23)22-8-12-26(13-9-22)44(3,39)40/h6-13,23-24,27,31H,4-5,14-20H2,1-3H3. The van der Waals surface area contributed by atoms with Crippen LogP contribution in [-0.4, -0.2) is 109 Å². The predicted molar refractivity (Wildman–Crippen MR) is 162 cm³/mol. The molecule has 3 atom stereocenters. The molecule has 0 aliphatic carbocycles. The van der Waals surface area contributed by atoms with Crippen LogP contribution in [0.4, 0.5) is 4.79 Å². The Kier molecular flexibility index (Phi) is 10.7. The third kappa shape index (κ3) is 8.57. The lowest BCUT2D eigenvalue weighted by Gasteiger charge is -2.40. The number of piperazine rings is 1. The van der Waals surface area contributed by atoms with Crippen molar-refractivity contribution in [2.75, 3.05) is 52.4 Å². The van der Waals surface area contributed by atoms with E-state index >= 15 is 0 Å². The Hall–Kier alpha value is -3.49. The van der Waals surface area contributed by atoms with E-state index in [1.165, 1.54) is 36.3 Å². The average molecular weight is 650 g/mol. The zero-order chi connectivity index (χ0) is 32.1. The Morgan fingerprint density at radius 3 is 2.09 bits per heavy atom. The number of ether oxygens (including phenoxy) is 2. The van der Waals surface area contributed by atoms with Crippen LogP contribution in [0.5, 0.6) is 0 Å². The van der Waals surface area contributed by atoms with Crippen molar-refractivity contribution in [1.82, 2.24) is 15.1 Å². The molecule has 2 amide bonds. The molecule has 240 valence electrons. The van der Waals surface area contributed by atoms with Gasteiger partial charge < -0.3 is 24.6 Å². The third-order valence-corrected chi connectivity index (χ3v) is 10.3. The molecule has 2 fully saturated rings. The number of esters is 1. The SMILES string of the molecule is COC(=O)N1CCN(C(=O)Cc2ccc(S(C)(=O)=O)cc2)C(COC(=O)C(CC2CCCN2)c2ccc(S(C)(=O)=O)cc2)C1. The summed E-state index contributed by atoms with van der Waals surface area (Å²) < 4.78 is 58.2.